The summed E-state index contributed by atoms with van der Waals surface area (Å²) in [6.07, 6.45) is 2.76. The molecular formula is C16H22N4O. The van der Waals surface area contributed by atoms with Gasteiger partial charge >= 0.3 is 0 Å². The molecule has 3 N–H and O–H groups in total. The summed E-state index contributed by atoms with van der Waals surface area (Å²) in [4.78, 5) is 8.23. The van der Waals surface area contributed by atoms with E-state index in [1.165, 1.54) is 5.56 Å². The van der Waals surface area contributed by atoms with Crippen LogP contribution < -0.4 is 16.0 Å². The van der Waals surface area contributed by atoms with Crippen LogP contribution in [0.25, 0.3) is 0 Å². The summed E-state index contributed by atoms with van der Waals surface area (Å²) in [6, 6.07) is 8.11. The van der Waals surface area contributed by atoms with Crippen molar-refractivity contribution in [1.82, 2.24) is 9.97 Å². The summed E-state index contributed by atoms with van der Waals surface area (Å²) in [6.45, 7) is 8.55. The molecular weight excluding hydrogens is 264 g/mol. The third kappa shape index (κ3) is 3.49. The molecule has 0 aliphatic rings. The number of nitrogen functional groups attached to an aromatic ring is 1. The van der Waals surface area contributed by atoms with E-state index in [0.717, 1.165) is 17.7 Å². The Bertz CT molecular complexity index is 608. The number of ether oxygens (including phenoxy) is 1. The maximum Gasteiger partial charge on any atom is 0.240 e. The Hall–Kier alpha value is -2.14. The Kier molecular flexibility index (Phi) is 4.43. The average molecular weight is 286 g/mol. The molecule has 2 aromatic rings. The molecule has 5 nitrogen and oxygen atoms in total. The van der Waals surface area contributed by atoms with Crippen LogP contribution >= 0.6 is 0 Å². The Morgan fingerprint density at radius 1 is 1.24 bits per heavy atom. The molecule has 0 aliphatic carbocycles. The number of hydrogen-bond donors (Lipinski definition) is 2. The van der Waals surface area contributed by atoms with Gasteiger partial charge in [-0.15, -0.1) is 0 Å². The fraction of sp³-hybridized carbons (Fsp3) is 0.375. The number of nitrogens with two attached hydrogens (primary N) is 1. The van der Waals surface area contributed by atoms with Crippen molar-refractivity contribution in [2.75, 3.05) is 5.43 Å². The zero-order valence-electron chi connectivity index (χ0n) is 13.0. The van der Waals surface area contributed by atoms with Crippen LogP contribution in [0.5, 0.6) is 11.6 Å². The average Bonchev–Trinajstić information content (AvgIpc) is 2.50. The summed E-state index contributed by atoms with van der Waals surface area (Å²) in [5.74, 6) is 6.89. The molecule has 21 heavy (non-hydrogen) atoms. The molecule has 0 unspecified atom stereocenters. The number of anilines is 1. The normalized spacial score (nSPS) is 11.3. The Balaban J connectivity index is 2.21. The number of nitrogens with zero attached hydrogens (tertiary/aromatic N) is 2. The minimum absolute atomic E-state index is 0.167. The zero-order valence-corrected chi connectivity index (χ0v) is 13.0. The summed E-state index contributed by atoms with van der Waals surface area (Å²) in [5, 5.41) is 0. The number of benzene rings is 1. The smallest absolute Gasteiger partial charge is 0.240 e. The lowest BCUT2D eigenvalue weighted by molar-refractivity contribution is 0.456. The van der Waals surface area contributed by atoms with E-state index in [4.69, 9.17) is 10.6 Å². The monoisotopic (exact) mass is 286 g/mol. The second-order valence-electron chi connectivity index (χ2n) is 5.69. The number of aromatic nitrogens is 2. The lowest BCUT2D eigenvalue weighted by Crippen LogP contribution is -2.15. The van der Waals surface area contributed by atoms with Crippen molar-refractivity contribution in [2.24, 2.45) is 5.84 Å². The highest BCUT2D eigenvalue weighted by atomic mass is 16.5. The molecule has 0 fully saturated rings. The first-order valence-electron chi connectivity index (χ1n) is 7.05. The van der Waals surface area contributed by atoms with Gasteiger partial charge in [0.15, 0.2) is 0 Å². The first-order valence-corrected chi connectivity index (χ1v) is 7.05. The highest BCUT2D eigenvalue weighted by Crippen LogP contribution is 2.29. The van der Waals surface area contributed by atoms with Crippen LogP contribution in [0.2, 0.25) is 0 Å². The summed E-state index contributed by atoms with van der Waals surface area (Å²) >= 11 is 0. The van der Waals surface area contributed by atoms with Crippen LogP contribution in [0.3, 0.4) is 0 Å². The van der Waals surface area contributed by atoms with Crippen LogP contribution in [0.15, 0.2) is 30.5 Å². The zero-order chi connectivity index (χ0) is 15.5. The van der Waals surface area contributed by atoms with E-state index in [1.807, 2.05) is 19.1 Å². The predicted molar refractivity (Wildman–Crippen MR) is 84.4 cm³/mol. The quantitative estimate of drug-likeness (QED) is 0.649. The van der Waals surface area contributed by atoms with Gasteiger partial charge in [0.05, 0.1) is 0 Å². The van der Waals surface area contributed by atoms with E-state index in [1.54, 1.807) is 6.20 Å². The minimum atomic E-state index is 0.167. The number of hydrazine groups is 1. The van der Waals surface area contributed by atoms with Gasteiger partial charge in [0, 0.05) is 11.8 Å². The van der Waals surface area contributed by atoms with E-state index in [9.17, 15) is 0 Å². The molecule has 0 atom stereocenters. The summed E-state index contributed by atoms with van der Waals surface area (Å²) < 4.78 is 5.81. The summed E-state index contributed by atoms with van der Waals surface area (Å²) in [7, 11) is 0. The number of aryl methyl sites for hydroxylation is 1. The molecule has 1 heterocycles. The van der Waals surface area contributed by atoms with Gasteiger partial charge in [-0.1, -0.05) is 32.9 Å². The van der Waals surface area contributed by atoms with Crippen molar-refractivity contribution in [1.29, 1.82) is 0 Å². The molecule has 0 amide bonds. The van der Waals surface area contributed by atoms with Crippen molar-refractivity contribution >= 4 is 5.95 Å². The van der Waals surface area contributed by atoms with Crippen molar-refractivity contribution < 1.29 is 4.74 Å². The standard InChI is InChI=1S/C16H22N4O/c1-5-16(3,4)12-6-8-13(9-7-12)21-14-11(2)10-18-15(19-14)20-17/h6-10H,5,17H2,1-4H3,(H,18,19,20). The molecule has 0 bridgehead atoms. The fourth-order valence-electron chi connectivity index (χ4n) is 1.89. The lowest BCUT2D eigenvalue weighted by Gasteiger charge is -2.23. The molecule has 0 saturated heterocycles. The molecule has 5 heteroatoms. The number of rotatable bonds is 5. The minimum Gasteiger partial charge on any atom is -0.439 e. The number of hydrogen-bond acceptors (Lipinski definition) is 5. The van der Waals surface area contributed by atoms with Crippen molar-refractivity contribution in [3.8, 4) is 11.6 Å². The Morgan fingerprint density at radius 3 is 2.48 bits per heavy atom. The van der Waals surface area contributed by atoms with Crippen molar-refractivity contribution in [3.63, 3.8) is 0 Å². The predicted octanol–water partition coefficient (Wildman–Crippen LogP) is 3.55. The van der Waals surface area contributed by atoms with Crippen LogP contribution in [0.1, 0.15) is 38.3 Å². The highest BCUT2D eigenvalue weighted by molar-refractivity contribution is 5.37. The molecule has 2 rings (SSSR count). The van der Waals surface area contributed by atoms with Crippen LogP contribution in [0, 0.1) is 6.92 Å². The fourth-order valence-corrected chi connectivity index (χ4v) is 1.89. The lowest BCUT2D eigenvalue weighted by atomic mass is 9.82. The largest absolute Gasteiger partial charge is 0.439 e. The molecule has 1 aromatic heterocycles. The van der Waals surface area contributed by atoms with E-state index in [0.29, 0.717) is 11.8 Å². The van der Waals surface area contributed by atoms with Gasteiger partial charge in [-0.3, -0.25) is 5.43 Å². The SMILES string of the molecule is CCC(C)(C)c1ccc(Oc2nc(NN)ncc2C)cc1. The third-order valence-corrected chi connectivity index (χ3v) is 3.79. The van der Waals surface area contributed by atoms with E-state index >= 15 is 0 Å². The molecule has 0 aliphatic heterocycles. The first-order chi connectivity index (χ1) is 9.96. The van der Waals surface area contributed by atoms with Gasteiger partial charge in [0.1, 0.15) is 5.75 Å². The Morgan fingerprint density at radius 2 is 1.90 bits per heavy atom. The third-order valence-electron chi connectivity index (χ3n) is 3.79. The van der Waals surface area contributed by atoms with Gasteiger partial charge in [-0.05, 0) is 36.5 Å². The highest BCUT2D eigenvalue weighted by Gasteiger charge is 2.17. The number of nitrogens with one attached hydrogen (secondary N) is 1. The molecule has 0 radical (unpaired) electrons. The van der Waals surface area contributed by atoms with Crippen molar-refractivity contribution in [2.45, 2.75) is 39.5 Å². The first kappa shape index (κ1) is 15.3. The molecule has 0 spiro atoms. The molecule has 112 valence electrons. The Labute approximate surface area is 125 Å². The van der Waals surface area contributed by atoms with Crippen LogP contribution in [-0.4, -0.2) is 9.97 Å². The van der Waals surface area contributed by atoms with Gasteiger partial charge in [-0.25, -0.2) is 10.8 Å². The molecule has 1 aromatic carbocycles. The van der Waals surface area contributed by atoms with Gasteiger partial charge in [0.2, 0.25) is 11.8 Å². The maximum atomic E-state index is 5.81. The van der Waals surface area contributed by atoms with Gasteiger partial charge < -0.3 is 4.74 Å². The second kappa shape index (κ2) is 6.10. The summed E-state index contributed by atoms with van der Waals surface area (Å²) in [5.41, 5.74) is 4.73. The van der Waals surface area contributed by atoms with E-state index in [-0.39, 0.29) is 5.41 Å². The van der Waals surface area contributed by atoms with Gasteiger partial charge in [-0.2, -0.15) is 4.98 Å². The van der Waals surface area contributed by atoms with Crippen LogP contribution in [-0.2, 0) is 5.41 Å². The van der Waals surface area contributed by atoms with E-state index < -0.39 is 0 Å². The van der Waals surface area contributed by atoms with Crippen LogP contribution in [0.4, 0.5) is 5.95 Å². The van der Waals surface area contributed by atoms with Crippen molar-refractivity contribution in [3.05, 3.63) is 41.6 Å². The van der Waals surface area contributed by atoms with E-state index in [2.05, 4.69) is 48.3 Å². The van der Waals surface area contributed by atoms with Gasteiger partial charge in [0.25, 0.3) is 0 Å². The maximum absolute atomic E-state index is 5.81. The second-order valence-corrected chi connectivity index (χ2v) is 5.69. The molecule has 0 saturated carbocycles. The topological polar surface area (TPSA) is 73.1 Å².